The van der Waals surface area contributed by atoms with Gasteiger partial charge >= 0.3 is 5.97 Å². The number of halogens is 2. The first-order valence-corrected chi connectivity index (χ1v) is 6.79. The average molecular weight is 343 g/mol. The lowest BCUT2D eigenvalue weighted by Crippen LogP contribution is -2.34. The van der Waals surface area contributed by atoms with Crippen molar-refractivity contribution in [2.45, 2.75) is 0 Å². The average Bonchev–Trinajstić information content (AvgIpc) is 2.74. The van der Waals surface area contributed by atoms with E-state index in [2.05, 4.69) is 10.1 Å². The van der Waals surface area contributed by atoms with Crippen molar-refractivity contribution in [2.75, 3.05) is 25.6 Å². The van der Waals surface area contributed by atoms with E-state index in [-0.39, 0.29) is 29.6 Å². The fourth-order valence-electron chi connectivity index (χ4n) is 2.01. The number of aliphatic hydroxyl groups excluding tert-OH is 1. The van der Waals surface area contributed by atoms with Crippen molar-refractivity contribution in [3.05, 3.63) is 40.3 Å². The largest absolute Gasteiger partial charge is 0.465 e. The zero-order valence-corrected chi connectivity index (χ0v) is 12.7. The van der Waals surface area contributed by atoms with Gasteiger partial charge in [-0.15, -0.1) is 0 Å². The van der Waals surface area contributed by atoms with Crippen LogP contribution in [0.5, 0.6) is 0 Å². The Kier molecular flexibility index (Phi) is 4.97. The molecule has 1 aromatic carbocycles. The zero-order chi connectivity index (χ0) is 17.1. The summed E-state index contributed by atoms with van der Waals surface area (Å²) in [4.78, 5) is 35.8. The molecule has 0 spiro atoms. The second-order valence-electron chi connectivity index (χ2n) is 4.51. The molecule has 2 N–H and O–H groups in total. The van der Waals surface area contributed by atoms with Gasteiger partial charge in [-0.2, -0.15) is 0 Å². The number of amides is 2. The number of rotatable bonds is 5. The van der Waals surface area contributed by atoms with Gasteiger partial charge in [0.2, 0.25) is 0 Å². The van der Waals surface area contributed by atoms with Crippen LogP contribution in [0.1, 0.15) is 10.4 Å². The molecule has 7 nitrogen and oxygen atoms in total. The van der Waals surface area contributed by atoms with Crippen LogP contribution in [0.3, 0.4) is 0 Å². The molecule has 0 fully saturated rings. The summed E-state index contributed by atoms with van der Waals surface area (Å²) in [5.74, 6) is -3.11. The molecule has 0 aromatic heterocycles. The SMILES string of the molecule is COC(=O)c1c(F)cc(NC2=CC(=O)N(CCO)C2=O)cc1Cl. The van der Waals surface area contributed by atoms with Crippen molar-refractivity contribution in [1.82, 2.24) is 4.90 Å². The number of esters is 1. The van der Waals surface area contributed by atoms with Crippen LogP contribution in [0.15, 0.2) is 23.9 Å². The van der Waals surface area contributed by atoms with E-state index in [1.807, 2.05) is 0 Å². The highest BCUT2D eigenvalue weighted by Gasteiger charge is 2.31. The van der Waals surface area contributed by atoms with E-state index in [0.29, 0.717) is 0 Å². The van der Waals surface area contributed by atoms with E-state index < -0.39 is 29.2 Å². The molecule has 2 rings (SSSR count). The van der Waals surface area contributed by atoms with Gasteiger partial charge in [0, 0.05) is 11.8 Å². The van der Waals surface area contributed by atoms with Crippen molar-refractivity contribution in [3.8, 4) is 0 Å². The Balaban J connectivity index is 2.25. The highest BCUT2D eigenvalue weighted by molar-refractivity contribution is 6.34. The van der Waals surface area contributed by atoms with Gasteiger partial charge in [-0.3, -0.25) is 14.5 Å². The molecule has 0 unspecified atom stereocenters. The highest BCUT2D eigenvalue weighted by Crippen LogP contribution is 2.27. The first kappa shape index (κ1) is 16.9. The molecule has 2 amide bonds. The fraction of sp³-hybridized carbons (Fsp3) is 0.214. The van der Waals surface area contributed by atoms with E-state index in [9.17, 15) is 18.8 Å². The maximum Gasteiger partial charge on any atom is 0.342 e. The lowest BCUT2D eigenvalue weighted by Gasteiger charge is -2.14. The Morgan fingerprint density at radius 1 is 1.43 bits per heavy atom. The molecular weight excluding hydrogens is 331 g/mol. The van der Waals surface area contributed by atoms with Crippen molar-refractivity contribution >= 4 is 35.1 Å². The van der Waals surface area contributed by atoms with Gasteiger partial charge in [-0.05, 0) is 12.1 Å². The monoisotopic (exact) mass is 342 g/mol. The fourth-order valence-corrected chi connectivity index (χ4v) is 2.29. The number of anilines is 1. The minimum atomic E-state index is -0.934. The smallest absolute Gasteiger partial charge is 0.342 e. The molecule has 1 aliphatic rings. The van der Waals surface area contributed by atoms with Gasteiger partial charge in [0.1, 0.15) is 17.1 Å². The van der Waals surface area contributed by atoms with E-state index in [1.54, 1.807) is 0 Å². The Morgan fingerprint density at radius 3 is 2.70 bits per heavy atom. The Hall–Kier alpha value is -2.45. The number of aliphatic hydroxyl groups is 1. The van der Waals surface area contributed by atoms with Gasteiger partial charge in [-0.25, -0.2) is 9.18 Å². The molecule has 0 bridgehead atoms. The lowest BCUT2D eigenvalue weighted by atomic mass is 10.2. The summed E-state index contributed by atoms with van der Waals surface area (Å²) < 4.78 is 18.4. The standard InChI is InChI=1S/C14H12ClFN2O5/c1-23-14(22)12-8(15)4-7(5-9(12)16)17-10-6-11(20)18(2-3-19)13(10)21/h4-6,17,19H,2-3H2,1H3. The van der Waals surface area contributed by atoms with Gasteiger partial charge in [0.15, 0.2) is 0 Å². The number of β-amino-alcohol motifs (C(OH)–C–C–N with tert-alkyl or cyclic N) is 1. The van der Waals surface area contributed by atoms with Gasteiger partial charge < -0.3 is 15.2 Å². The van der Waals surface area contributed by atoms with E-state index in [4.69, 9.17) is 16.7 Å². The molecule has 1 aromatic rings. The van der Waals surface area contributed by atoms with Crippen LogP contribution >= 0.6 is 11.6 Å². The molecule has 1 aliphatic heterocycles. The first-order valence-electron chi connectivity index (χ1n) is 6.41. The minimum Gasteiger partial charge on any atom is -0.465 e. The molecule has 1 heterocycles. The summed E-state index contributed by atoms with van der Waals surface area (Å²) in [6.45, 7) is -0.511. The lowest BCUT2D eigenvalue weighted by molar-refractivity contribution is -0.137. The van der Waals surface area contributed by atoms with Crippen molar-refractivity contribution in [2.24, 2.45) is 0 Å². The van der Waals surface area contributed by atoms with E-state index in [0.717, 1.165) is 24.2 Å². The highest BCUT2D eigenvalue weighted by atomic mass is 35.5. The van der Waals surface area contributed by atoms with Gasteiger partial charge in [-0.1, -0.05) is 11.6 Å². The van der Waals surface area contributed by atoms with Gasteiger partial charge in [0.25, 0.3) is 11.8 Å². The first-order chi connectivity index (χ1) is 10.9. The van der Waals surface area contributed by atoms with Crippen molar-refractivity contribution < 1.29 is 28.6 Å². The molecular formula is C14H12ClFN2O5. The Labute approximate surface area is 135 Å². The zero-order valence-electron chi connectivity index (χ0n) is 11.9. The van der Waals surface area contributed by atoms with Crippen LogP contribution in [0, 0.1) is 5.82 Å². The molecule has 122 valence electrons. The summed E-state index contributed by atoms with van der Waals surface area (Å²) >= 11 is 5.84. The number of ether oxygens (including phenoxy) is 1. The predicted molar refractivity (Wildman–Crippen MR) is 78.3 cm³/mol. The van der Waals surface area contributed by atoms with E-state index >= 15 is 0 Å². The number of benzene rings is 1. The number of nitrogens with zero attached hydrogens (tertiary/aromatic N) is 1. The summed E-state index contributed by atoms with van der Waals surface area (Å²) in [5, 5.41) is 11.2. The molecule has 0 saturated carbocycles. The Bertz CT molecular complexity index is 696. The number of imide groups is 1. The molecule has 0 saturated heterocycles. The van der Waals surface area contributed by atoms with Crippen molar-refractivity contribution in [1.29, 1.82) is 0 Å². The normalized spacial score (nSPS) is 14.1. The van der Waals surface area contributed by atoms with E-state index in [1.165, 1.54) is 6.07 Å². The van der Waals surface area contributed by atoms with Crippen LogP contribution in [0.25, 0.3) is 0 Å². The van der Waals surface area contributed by atoms with Crippen LogP contribution in [0.2, 0.25) is 5.02 Å². The number of methoxy groups -OCH3 is 1. The number of carbonyl (C=O) groups is 3. The van der Waals surface area contributed by atoms with Crippen LogP contribution in [-0.4, -0.2) is 48.1 Å². The second-order valence-corrected chi connectivity index (χ2v) is 4.92. The predicted octanol–water partition coefficient (Wildman–Crippen LogP) is 0.923. The second kappa shape index (κ2) is 6.76. The quantitative estimate of drug-likeness (QED) is 0.610. The van der Waals surface area contributed by atoms with Crippen LogP contribution < -0.4 is 5.32 Å². The molecule has 0 aliphatic carbocycles. The molecule has 0 atom stereocenters. The topological polar surface area (TPSA) is 95.9 Å². The number of hydrogen-bond donors (Lipinski definition) is 2. The molecule has 9 heteroatoms. The third-order valence-electron chi connectivity index (χ3n) is 3.04. The summed E-state index contributed by atoms with van der Waals surface area (Å²) in [5.41, 5.74) is -0.437. The van der Waals surface area contributed by atoms with Crippen LogP contribution in [0.4, 0.5) is 10.1 Å². The molecule has 0 radical (unpaired) electrons. The number of hydrogen-bond acceptors (Lipinski definition) is 6. The summed E-state index contributed by atoms with van der Waals surface area (Å²) in [6.07, 6.45) is 1.03. The summed E-state index contributed by atoms with van der Waals surface area (Å²) in [6, 6.07) is 2.18. The maximum atomic E-state index is 14.0. The third kappa shape index (κ3) is 3.33. The summed E-state index contributed by atoms with van der Waals surface area (Å²) in [7, 11) is 1.09. The van der Waals surface area contributed by atoms with Crippen LogP contribution in [-0.2, 0) is 14.3 Å². The minimum absolute atomic E-state index is 0.0819. The number of nitrogens with one attached hydrogen (secondary N) is 1. The van der Waals surface area contributed by atoms with Gasteiger partial charge in [0.05, 0.1) is 25.3 Å². The molecule has 23 heavy (non-hydrogen) atoms. The third-order valence-corrected chi connectivity index (χ3v) is 3.34. The maximum absolute atomic E-state index is 14.0. The number of carbonyl (C=O) groups excluding carboxylic acids is 3. The Morgan fingerprint density at radius 2 is 2.13 bits per heavy atom. The van der Waals surface area contributed by atoms with Crippen molar-refractivity contribution in [3.63, 3.8) is 0 Å².